The Morgan fingerprint density at radius 3 is 1.86 bits per heavy atom. The number of benzene rings is 2. The maximum Gasteiger partial charge on any atom is 0.445 e. The van der Waals surface area contributed by atoms with E-state index in [0.717, 1.165) is 17.5 Å². The molecule has 28 heavy (non-hydrogen) atoms. The summed E-state index contributed by atoms with van der Waals surface area (Å²) in [5.74, 6) is 0.317. The lowest BCUT2D eigenvalue weighted by molar-refractivity contribution is -0.143. The Kier molecular flexibility index (Phi) is 8.13. The van der Waals surface area contributed by atoms with Gasteiger partial charge in [-0.1, -0.05) is 56.2 Å². The number of hydrogen-bond donors (Lipinski definition) is 0. The lowest BCUT2D eigenvalue weighted by Crippen LogP contribution is -2.28. The molecule has 6 heteroatoms. The zero-order chi connectivity index (χ0) is 20.6. The van der Waals surface area contributed by atoms with Crippen LogP contribution in [0.15, 0.2) is 48.5 Å². The van der Waals surface area contributed by atoms with Gasteiger partial charge in [-0.2, -0.15) is 0 Å². The fourth-order valence-electron chi connectivity index (χ4n) is 2.78. The van der Waals surface area contributed by atoms with E-state index < -0.39 is 19.2 Å². The molecule has 0 fully saturated rings. The van der Waals surface area contributed by atoms with E-state index in [4.69, 9.17) is 13.8 Å². The summed E-state index contributed by atoms with van der Waals surface area (Å²) in [5, 5.41) is 0. The van der Waals surface area contributed by atoms with Gasteiger partial charge in [0.2, 0.25) is 0 Å². The van der Waals surface area contributed by atoms with E-state index >= 15 is 0 Å². The number of unbranched alkanes of at least 4 members (excludes halogenated alkanes) is 1. The van der Waals surface area contributed by atoms with Gasteiger partial charge in [0, 0.05) is 0 Å². The molecule has 0 saturated heterocycles. The molecule has 0 aliphatic carbocycles. The Morgan fingerprint density at radius 1 is 0.929 bits per heavy atom. The lowest BCUT2D eigenvalue weighted by Gasteiger charge is -2.27. The number of ether oxygens (including phenoxy) is 1. The van der Waals surface area contributed by atoms with Gasteiger partial charge in [0.25, 0.3) is 0 Å². The van der Waals surface area contributed by atoms with Crippen LogP contribution in [-0.2, 0) is 14.1 Å². The normalized spacial score (nSPS) is 12.3. The lowest BCUT2D eigenvalue weighted by atomic mass is 10.2. The average Bonchev–Trinajstić information content (AvgIpc) is 2.66. The van der Waals surface area contributed by atoms with E-state index in [9.17, 15) is 9.36 Å². The van der Waals surface area contributed by atoms with Gasteiger partial charge in [0.1, 0.15) is 11.5 Å². The Bertz CT molecular complexity index is 782. The zero-order valence-corrected chi connectivity index (χ0v) is 17.9. The van der Waals surface area contributed by atoms with Crippen LogP contribution in [0, 0.1) is 13.8 Å². The molecule has 0 bridgehead atoms. The molecule has 1 unspecified atom stereocenters. The van der Waals surface area contributed by atoms with Crippen molar-refractivity contribution in [2.75, 3.05) is 6.61 Å². The summed E-state index contributed by atoms with van der Waals surface area (Å²) in [6.45, 7) is 7.66. The highest BCUT2D eigenvalue weighted by Gasteiger charge is 2.45. The van der Waals surface area contributed by atoms with Gasteiger partial charge < -0.3 is 13.8 Å². The molecule has 152 valence electrons. The van der Waals surface area contributed by atoms with E-state index in [1.54, 1.807) is 31.2 Å². The van der Waals surface area contributed by atoms with Crippen molar-refractivity contribution in [3.8, 4) is 11.5 Å². The molecule has 0 N–H and O–H groups in total. The van der Waals surface area contributed by atoms with Gasteiger partial charge in [0.05, 0.1) is 6.61 Å². The Morgan fingerprint density at radius 2 is 1.43 bits per heavy atom. The van der Waals surface area contributed by atoms with Gasteiger partial charge >= 0.3 is 13.6 Å². The molecule has 1 atom stereocenters. The molecule has 0 aliphatic rings. The van der Waals surface area contributed by atoms with Crippen molar-refractivity contribution in [2.45, 2.75) is 52.6 Å². The van der Waals surface area contributed by atoms with Crippen LogP contribution in [-0.4, -0.2) is 18.2 Å². The third kappa shape index (κ3) is 5.62. The number of hydrogen-bond acceptors (Lipinski definition) is 5. The summed E-state index contributed by atoms with van der Waals surface area (Å²) in [6.07, 6.45) is 1.93. The summed E-state index contributed by atoms with van der Waals surface area (Å²) in [6, 6.07) is 14.5. The molecule has 2 aromatic rings. The molecule has 0 radical (unpaired) electrons. The second kappa shape index (κ2) is 10.3. The molecule has 2 aromatic carbocycles. The standard InChI is InChI=1S/C22H29O5P/c1-5-7-16-21(22(23)25-6-2)28(24,26-19-14-10-8-12-17(19)3)27-20-15-11-9-13-18(20)4/h8-15,21H,5-7,16H2,1-4H3. The van der Waals surface area contributed by atoms with E-state index in [1.807, 2.05) is 45.0 Å². The van der Waals surface area contributed by atoms with E-state index in [0.29, 0.717) is 24.3 Å². The Labute approximate surface area is 167 Å². The van der Waals surface area contributed by atoms with E-state index in [2.05, 4.69) is 0 Å². The number of carbonyl (C=O) groups excluding carboxylic acids is 1. The summed E-state index contributed by atoms with van der Waals surface area (Å²) >= 11 is 0. The van der Waals surface area contributed by atoms with Crippen LogP contribution in [0.5, 0.6) is 11.5 Å². The quantitative estimate of drug-likeness (QED) is 0.355. The van der Waals surface area contributed by atoms with Crippen molar-refractivity contribution in [1.82, 2.24) is 0 Å². The van der Waals surface area contributed by atoms with Crippen LogP contribution in [0.25, 0.3) is 0 Å². The van der Waals surface area contributed by atoms with Gasteiger partial charge in [0.15, 0.2) is 5.66 Å². The minimum Gasteiger partial charge on any atom is -0.465 e. The monoisotopic (exact) mass is 404 g/mol. The van der Waals surface area contributed by atoms with Crippen LogP contribution in [0.4, 0.5) is 0 Å². The highest BCUT2D eigenvalue weighted by molar-refractivity contribution is 7.56. The minimum absolute atomic E-state index is 0.205. The molecule has 5 nitrogen and oxygen atoms in total. The summed E-state index contributed by atoms with van der Waals surface area (Å²) in [5.41, 5.74) is 0.634. The first-order valence-corrected chi connectivity index (χ1v) is 11.3. The van der Waals surface area contributed by atoms with Crippen molar-refractivity contribution in [1.29, 1.82) is 0 Å². The fraction of sp³-hybridized carbons (Fsp3) is 0.409. The highest BCUT2D eigenvalue weighted by Crippen LogP contribution is 2.55. The first kappa shape index (κ1) is 22.0. The number of esters is 1. The second-order valence-electron chi connectivity index (χ2n) is 6.66. The Hall–Kier alpha value is -2.26. The van der Waals surface area contributed by atoms with Crippen molar-refractivity contribution in [3.05, 3.63) is 59.7 Å². The first-order valence-electron chi connectivity index (χ1n) is 9.68. The van der Waals surface area contributed by atoms with Gasteiger partial charge in [-0.3, -0.25) is 4.79 Å². The summed E-state index contributed by atoms with van der Waals surface area (Å²) < 4.78 is 31.1. The van der Waals surface area contributed by atoms with Crippen LogP contribution in [0.3, 0.4) is 0 Å². The molecule has 0 aliphatic heterocycles. The maximum atomic E-state index is 14.0. The minimum atomic E-state index is -3.92. The maximum absolute atomic E-state index is 14.0. The predicted molar refractivity (Wildman–Crippen MR) is 111 cm³/mol. The van der Waals surface area contributed by atoms with E-state index in [-0.39, 0.29) is 6.61 Å². The third-order valence-corrected chi connectivity index (χ3v) is 6.54. The molecule has 0 spiro atoms. The third-order valence-electron chi connectivity index (χ3n) is 4.41. The zero-order valence-electron chi connectivity index (χ0n) is 17.0. The topological polar surface area (TPSA) is 61.8 Å². The molecule has 0 heterocycles. The highest BCUT2D eigenvalue weighted by atomic mass is 31.2. The number of para-hydroxylation sites is 2. The van der Waals surface area contributed by atoms with Crippen molar-refractivity contribution < 1.29 is 23.1 Å². The molecular weight excluding hydrogens is 375 g/mol. The smallest absolute Gasteiger partial charge is 0.445 e. The van der Waals surface area contributed by atoms with Crippen LogP contribution in [0.2, 0.25) is 0 Å². The summed E-state index contributed by atoms with van der Waals surface area (Å²) in [7, 11) is -3.92. The number of rotatable bonds is 10. The molecule has 2 rings (SSSR count). The van der Waals surface area contributed by atoms with Crippen molar-refractivity contribution in [2.24, 2.45) is 0 Å². The number of carbonyl (C=O) groups is 1. The molecular formula is C22H29O5P. The van der Waals surface area contributed by atoms with Crippen molar-refractivity contribution in [3.63, 3.8) is 0 Å². The molecule has 0 aromatic heterocycles. The number of aryl methyl sites for hydroxylation is 2. The van der Waals surface area contributed by atoms with Crippen molar-refractivity contribution >= 4 is 13.6 Å². The Balaban J connectivity index is 2.48. The average molecular weight is 404 g/mol. The van der Waals surface area contributed by atoms with Crippen LogP contribution >= 0.6 is 7.60 Å². The largest absolute Gasteiger partial charge is 0.465 e. The van der Waals surface area contributed by atoms with Gasteiger partial charge in [-0.25, -0.2) is 4.57 Å². The summed E-state index contributed by atoms with van der Waals surface area (Å²) in [4.78, 5) is 12.7. The van der Waals surface area contributed by atoms with E-state index in [1.165, 1.54) is 0 Å². The molecule has 0 amide bonds. The predicted octanol–water partition coefficient (Wildman–Crippen LogP) is 6.08. The van der Waals surface area contributed by atoms with Crippen LogP contribution < -0.4 is 9.05 Å². The SMILES string of the molecule is CCCCC(C(=O)OCC)P(=O)(Oc1ccccc1C)Oc1ccccc1C. The second-order valence-corrected chi connectivity index (χ2v) is 8.73. The molecule has 0 saturated carbocycles. The van der Waals surface area contributed by atoms with Gasteiger partial charge in [-0.15, -0.1) is 0 Å². The first-order chi connectivity index (χ1) is 13.4. The fourth-order valence-corrected chi connectivity index (χ4v) is 4.86. The van der Waals surface area contributed by atoms with Crippen LogP contribution in [0.1, 0.15) is 44.2 Å². The van der Waals surface area contributed by atoms with Gasteiger partial charge in [-0.05, 0) is 50.5 Å².